The lowest BCUT2D eigenvalue weighted by atomic mass is 10.0. The Morgan fingerprint density at radius 3 is 1.46 bits per heavy atom. The standard InChI is InChI=1S/C22H43NO3/c1-3-4-5-6-7-8-9-10-11-12-13-14-15-16-17-18-19-26-21(23)20-22(24)25-2/h23H,3-20H2,1-2H3. The van der Waals surface area contributed by atoms with Crippen LogP contribution in [0.5, 0.6) is 0 Å². The lowest BCUT2D eigenvalue weighted by molar-refractivity contribution is -0.139. The van der Waals surface area contributed by atoms with E-state index in [9.17, 15) is 4.79 Å². The van der Waals surface area contributed by atoms with Gasteiger partial charge in [0.1, 0.15) is 6.42 Å². The molecule has 0 fully saturated rings. The highest BCUT2D eigenvalue weighted by Gasteiger charge is 2.06. The van der Waals surface area contributed by atoms with E-state index in [1.165, 1.54) is 97.0 Å². The number of carbonyl (C=O) groups excluding carboxylic acids is 1. The van der Waals surface area contributed by atoms with Gasteiger partial charge in [0.2, 0.25) is 0 Å². The molecule has 0 aliphatic rings. The first-order valence-corrected chi connectivity index (χ1v) is 11.0. The first-order chi connectivity index (χ1) is 12.7. The highest BCUT2D eigenvalue weighted by atomic mass is 16.5. The minimum absolute atomic E-state index is 0.0119. The van der Waals surface area contributed by atoms with Crippen molar-refractivity contribution in [1.29, 1.82) is 5.41 Å². The maximum absolute atomic E-state index is 11.0. The smallest absolute Gasteiger partial charge is 0.314 e. The Kier molecular flexibility index (Phi) is 19.4. The van der Waals surface area contributed by atoms with Crippen molar-refractivity contribution in [2.45, 2.75) is 116 Å². The van der Waals surface area contributed by atoms with Crippen LogP contribution in [0, 0.1) is 5.41 Å². The minimum atomic E-state index is -0.415. The molecule has 1 N–H and O–H groups in total. The number of hydrogen-bond donors (Lipinski definition) is 1. The summed E-state index contributed by atoms with van der Waals surface area (Å²) in [7, 11) is 1.32. The van der Waals surface area contributed by atoms with E-state index < -0.39 is 5.97 Å². The molecule has 0 aromatic heterocycles. The fourth-order valence-corrected chi connectivity index (χ4v) is 3.10. The largest absolute Gasteiger partial charge is 0.481 e. The van der Waals surface area contributed by atoms with Gasteiger partial charge in [-0.3, -0.25) is 10.2 Å². The lowest BCUT2D eigenvalue weighted by Gasteiger charge is -2.06. The van der Waals surface area contributed by atoms with Crippen LogP contribution in [0.15, 0.2) is 0 Å². The lowest BCUT2D eigenvalue weighted by Crippen LogP contribution is -2.12. The SMILES string of the molecule is CCCCCCCCCCCCCCCCCCOC(=N)CC(=O)OC. The number of carbonyl (C=O) groups is 1. The predicted molar refractivity (Wildman–Crippen MR) is 110 cm³/mol. The second-order valence-electron chi connectivity index (χ2n) is 7.33. The Morgan fingerprint density at radius 1 is 0.692 bits per heavy atom. The van der Waals surface area contributed by atoms with Crippen molar-refractivity contribution in [2.24, 2.45) is 0 Å². The van der Waals surface area contributed by atoms with E-state index in [0.29, 0.717) is 6.61 Å². The Labute approximate surface area is 161 Å². The van der Waals surface area contributed by atoms with Gasteiger partial charge < -0.3 is 9.47 Å². The molecule has 0 amide bonds. The van der Waals surface area contributed by atoms with Crippen LogP contribution in [0.2, 0.25) is 0 Å². The van der Waals surface area contributed by atoms with E-state index in [4.69, 9.17) is 10.1 Å². The van der Waals surface area contributed by atoms with Gasteiger partial charge in [-0.25, -0.2) is 0 Å². The molecule has 26 heavy (non-hydrogen) atoms. The summed E-state index contributed by atoms with van der Waals surface area (Å²) in [4.78, 5) is 11.0. The number of hydrogen-bond acceptors (Lipinski definition) is 4. The number of nitrogens with one attached hydrogen (secondary N) is 1. The van der Waals surface area contributed by atoms with Gasteiger partial charge in [-0.05, 0) is 6.42 Å². The third-order valence-electron chi connectivity index (χ3n) is 4.81. The summed E-state index contributed by atoms with van der Waals surface area (Å²) in [5, 5.41) is 7.49. The molecule has 0 aliphatic carbocycles. The first-order valence-electron chi connectivity index (χ1n) is 11.0. The summed E-state index contributed by atoms with van der Waals surface area (Å²) in [5.41, 5.74) is 0. The van der Waals surface area contributed by atoms with E-state index in [2.05, 4.69) is 11.7 Å². The van der Waals surface area contributed by atoms with Crippen molar-refractivity contribution in [3.05, 3.63) is 0 Å². The molecular weight excluding hydrogens is 326 g/mol. The van der Waals surface area contributed by atoms with Gasteiger partial charge in [0.05, 0.1) is 13.7 Å². The Morgan fingerprint density at radius 2 is 1.08 bits per heavy atom. The fourth-order valence-electron chi connectivity index (χ4n) is 3.10. The molecule has 0 saturated heterocycles. The normalized spacial score (nSPS) is 10.7. The zero-order chi connectivity index (χ0) is 19.3. The van der Waals surface area contributed by atoms with Crippen LogP contribution in [0.25, 0.3) is 0 Å². The van der Waals surface area contributed by atoms with Crippen LogP contribution in [0.4, 0.5) is 0 Å². The quantitative estimate of drug-likeness (QED) is 0.118. The molecule has 0 heterocycles. The van der Waals surface area contributed by atoms with Crippen molar-refractivity contribution in [1.82, 2.24) is 0 Å². The van der Waals surface area contributed by atoms with Gasteiger partial charge in [0, 0.05) is 0 Å². The van der Waals surface area contributed by atoms with Crippen LogP contribution in [-0.2, 0) is 14.3 Å². The minimum Gasteiger partial charge on any atom is -0.481 e. The molecule has 0 radical (unpaired) electrons. The van der Waals surface area contributed by atoms with E-state index in [0.717, 1.165) is 12.8 Å². The molecule has 0 unspecified atom stereocenters. The van der Waals surface area contributed by atoms with Gasteiger partial charge in [0.25, 0.3) is 0 Å². The molecule has 0 spiro atoms. The fraction of sp³-hybridized carbons (Fsp3) is 0.909. The number of rotatable bonds is 19. The monoisotopic (exact) mass is 369 g/mol. The zero-order valence-corrected chi connectivity index (χ0v) is 17.5. The molecule has 0 aromatic rings. The van der Waals surface area contributed by atoms with Crippen LogP contribution >= 0.6 is 0 Å². The zero-order valence-electron chi connectivity index (χ0n) is 17.5. The molecule has 4 heteroatoms. The van der Waals surface area contributed by atoms with Crippen LogP contribution in [-0.4, -0.2) is 25.6 Å². The Hall–Kier alpha value is -1.06. The van der Waals surface area contributed by atoms with Crippen LogP contribution in [0.1, 0.15) is 116 Å². The molecule has 4 nitrogen and oxygen atoms in total. The van der Waals surface area contributed by atoms with E-state index in [1.807, 2.05) is 0 Å². The van der Waals surface area contributed by atoms with Crippen LogP contribution in [0.3, 0.4) is 0 Å². The topological polar surface area (TPSA) is 59.4 Å². The van der Waals surface area contributed by atoms with E-state index in [-0.39, 0.29) is 12.3 Å². The molecule has 0 aromatic carbocycles. The summed E-state index contributed by atoms with van der Waals surface area (Å²) < 4.78 is 9.71. The molecule has 0 aliphatic heterocycles. The predicted octanol–water partition coefficient (Wildman–Crippen LogP) is 6.80. The second-order valence-corrected chi connectivity index (χ2v) is 7.33. The van der Waals surface area contributed by atoms with E-state index >= 15 is 0 Å². The third-order valence-corrected chi connectivity index (χ3v) is 4.81. The van der Waals surface area contributed by atoms with Gasteiger partial charge >= 0.3 is 5.97 Å². The molecule has 0 saturated carbocycles. The molecule has 0 bridgehead atoms. The summed E-state index contributed by atoms with van der Waals surface area (Å²) in [6.45, 7) is 2.81. The van der Waals surface area contributed by atoms with Crippen molar-refractivity contribution in [3.63, 3.8) is 0 Å². The molecule has 0 rings (SSSR count). The van der Waals surface area contributed by atoms with E-state index in [1.54, 1.807) is 0 Å². The van der Waals surface area contributed by atoms with Crippen molar-refractivity contribution >= 4 is 11.9 Å². The molecule has 154 valence electrons. The number of ether oxygens (including phenoxy) is 2. The molecule has 0 atom stereocenters. The maximum Gasteiger partial charge on any atom is 0.314 e. The van der Waals surface area contributed by atoms with Crippen LogP contribution < -0.4 is 0 Å². The summed E-state index contributed by atoms with van der Waals surface area (Å²) >= 11 is 0. The highest BCUT2D eigenvalue weighted by molar-refractivity contribution is 5.92. The maximum atomic E-state index is 11.0. The average molecular weight is 370 g/mol. The summed E-state index contributed by atoms with van der Waals surface area (Å²) in [6.07, 6.45) is 21.4. The third kappa shape index (κ3) is 19.3. The second kappa shape index (κ2) is 20.3. The molecular formula is C22H43NO3. The summed E-state index contributed by atoms with van der Waals surface area (Å²) in [6, 6.07) is 0. The Bertz CT molecular complexity index is 331. The van der Waals surface area contributed by atoms with Gasteiger partial charge in [-0.2, -0.15) is 0 Å². The first kappa shape index (κ1) is 24.9. The highest BCUT2D eigenvalue weighted by Crippen LogP contribution is 2.13. The van der Waals surface area contributed by atoms with Gasteiger partial charge in [-0.15, -0.1) is 0 Å². The van der Waals surface area contributed by atoms with Gasteiger partial charge in [0.15, 0.2) is 5.90 Å². The number of unbranched alkanes of at least 4 members (excludes halogenated alkanes) is 15. The van der Waals surface area contributed by atoms with Gasteiger partial charge in [-0.1, -0.05) is 103 Å². The van der Waals surface area contributed by atoms with Crippen molar-refractivity contribution < 1.29 is 14.3 Å². The summed E-state index contributed by atoms with van der Waals surface area (Å²) in [5.74, 6) is -0.403. The Balaban J connectivity index is 3.11. The van der Waals surface area contributed by atoms with Crippen molar-refractivity contribution in [2.75, 3.05) is 13.7 Å². The average Bonchev–Trinajstić information content (AvgIpc) is 2.64. The number of esters is 1. The van der Waals surface area contributed by atoms with Crippen molar-refractivity contribution in [3.8, 4) is 0 Å². The number of methoxy groups -OCH3 is 1.